The van der Waals surface area contributed by atoms with Gasteiger partial charge in [0.05, 0.1) is 22.7 Å². The Morgan fingerprint density at radius 3 is 2.29 bits per heavy atom. The minimum Gasteiger partial charge on any atom is -0.491 e. The third-order valence-electron chi connectivity index (χ3n) is 6.05. The lowest BCUT2D eigenvalue weighted by Crippen LogP contribution is -2.34. The fraction of sp³-hybridized carbons (Fsp3) is 0.290. The number of carbonyl (C=O) groups is 1. The highest BCUT2D eigenvalue weighted by Crippen LogP contribution is 2.26. The van der Waals surface area contributed by atoms with E-state index in [0.29, 0.717) is 11.4 Å². The molecule has 0 aliphatic heterocycles. The van der Waals surface area contributed by atoms with Crippen molar-refractivity contribution in [2.45, 2.75) is 44.3 Å². The molecular weight excluding hydrogens is 544 g/mol. The average Bonchev–Trinajstić information content (AvgIpc) is 2.93. The van der Waals surface area contributed by atoms with Gasteiger partial charge in [-0.1, -0.05) is 35.9 Å². The quantitative estimate of drug-likeness (QED) is 0.251. The largest absolute Gasteiger partial charge is 0.491 e. The molecular formula is C31H34N2O7S. The van der Waals surface area contributed by atoms with Gasteiger partial charge in [0.15, 0.2) is 0 Å². The molecule has 1 heterocycles. The minimum absolute atomic E-state index is 0.0293. The summed E-state index contributed by atoms with van der Waals surface area (Å²) in [6.45, 7) is 6.75. The van der Waals surface area contributed by atoms with Crippen LogP contribution in [0.2, 0.25) is 0 Å². The summed E-state index contributed by atoms with van der Waals surface area (Å²) in [5, 5.41) is 11.1. The van der Waals surface area contributed by atoms with E-state index in [1.54, 1.807) is 31.3 Å². The number of aryl methyl sites for hydroxylation is 1. The van der Waals surface area contributed by atoms with Crippen molar-refractivity contribution in [1.29, 1.82) is 0 Å². The Labute approximate surface area is 240 Å². The van der Waals surface area contributed by atoms with Gasteiger partial charge in [-0.3, -0.25) is 9.08 Å². The molecule has 3 aromatic carbocycles. The van der Waals surface area contributed by atoms with E-state index in [9.17, 15) is 18.3 Å². The second-order valence-corrected chi connectivity index (χ2v) is 12.3. The molecule has 0 spiro atoms. The van der Waals surface area contributed by atoms with E-state index in [0.717, 1.165) is 27.7 Å². The van der Waals surface area contributed by atoms with E-state index in [1.165, 1.54) is 17.0 Å². The predicted molar refractivity (Wildman–Crippen MR) is 158 cm³/mol. The first kappa shape index (κ1) is 30.0. The number of benzene rings is 3. The molecule has 0 saturated heterocycles. The van der Waals surface area contributed by atoms with E-state index in [-0.39, 0.29) is 11.5 Å². The topological polar surface area (TPSA) is 115 Å². The fourth-order valence-electron chi connectivity index (χ4n) is 3.83. The van der Waals surface area contributed by atoms with Crippen molar-refractivity contribution in [3.05, 3.63) is 84.4 Å². The standard InChI is InChI=1S/C31H34N2O7S/c1-21-6-14-27(15-7-21)41(36,37)39-20-25(34)19-38-26-13-17-29-23(18-26)10-16-28(32-29)22-8-11-24(12-9-22)33(5)30(35)40-31(2,3)4/h6-18,25,34H,19-20H2,1-5H3/t25-/m0/s1. The predicted octanol–water partition coefficient (Wildman–Crippen LogP) is 5.73. The molecule has 10 heteroatoms. The highest BCUT2D eigenvalue weighted by molar-refractivity contribution is 7.86. The lowest BCUT2D eigenvalue weighted by atomic mass is 10.1. The third kappa shape index (κ3) is 8.03. The zero-order valence-corrected chi connectivity index (χ0v) is 24.5. The van der Waals surface area contributed by atoms with Crippen LogP contribution in [0.1, 0.15) is 26.3 Å². The molecule has 0 aliphatic carbocycles. The molecule has 9 nitrogen and oxygen atoms in total. The van der Waals surface area contributed by atoms with Crippen molar-refractivity contribution in [3.8, 4) is 17.0 Å². The van der Waals surface area contributed by atoms with Crippen LogP contribution in [-0.4, -0.2) is 56.6 Å². The van der Waals surface area contributed by atoms with Gasteiger partial charge in [-0.05, 0) is 76.2 Å². The monoisotopic (exact) mass is 578 g/mol. The van der Waals surface area contributed by atoms with Gasteiger partial charge in [-0.2, -0.15) is 8.42 Å². The molecule has 0 aliphatic rings. The van der Waals surface area contributed by atoms with Crippen molar-refractivity contribution in [1.82, 2.24) is 4.98 Å². The Kier molecular flexibility index (Phi) is 8.96. The van der Waals surface area contributed by atoms with Crippen LogP contribution in [0.25, 0.3) is 22.2 Å². The number of ether oxygens (including phenoxy) is 2. The number of amides is 1. The summed E-state index contributed by atoms with van der Waals surface area (Å²) >= 11 is 0. The summed E-state index contributed by atoms with van der Waals surface area (Å²) in [5.41, 5.74) is 3.45. The first-order valence-corrected chi connectivity index (χ1v) is 14.5. The van der Waals surface area contributed by atoms with E-state index in [2.05, 4.69) is 0 Å². The molecule has 0 unspecified atom stereocenters. The Morgan fingerprint density at radius 1 is 0.951 bits per heavy atom. The Morgan fingerprint density at radius 2 is 1.63 bits per heavy atom. The van der Waals surface area contributed by atoms with Gasteiger partial charge in [0.1, 0.15) is 24.1 Å². The van der Waals surface area contributed by atoms with Gasteiger partial charge in [0.25, 0.3) is 10.1 Å². The fourth-order valence-corrected chi connectivity index (χ4v) is 4.77. The van der Waals surface area contributed by atoms with E-state index in [1.807, 2.05) is 70.2 Å². The van der Waals surface area contributed by atoms with Crippen LogP contribution in [0.15, 0.2) is 83.8 Å². The lowest BCUT2D eigenvalue weighted by Gasteiger charge is -2.24. The molecule has 4 aromatic rings. The van der Waals surface area contributed by atoms with Gasteiger partial charge in [0, 0.05) is 23.7 Å². The number of aliphatic hydroxyl groups excluding tert-OH is 1. The summed E-state index contributed by atoms with van der Waals surface area (Å²) in [4.78, 5) is 18.6. The number of anilines is 1. The zero-order chi connectivity index (χ0) is 29.8. The van der Waals surface area contributed by atoms with Gasteiger partial charge in [-0.25, -0.2) is 9.78 Å². The zero-order valence-electron chi connectivity index (χ0n) is 23.7. The van der Waals surface area contributed by atoms with E-state index < -0.39 is 34.5 Å². The average molecular weight is 579 g/mol. The molecule has 0 fully saturated rings. The second kappa shape index (κ2) is 12.3. The molecule has 1 amide bonds. The Hall–Kier alpha value is -3.99. The maximum absolute atomic E-state index is 12.3. The molecule has 1 atom stereocenters. The van der Waals surface area contributed by atoms with Gasteiger partial charge in [-0.15, -0.1) is 0 Å². The van der Waals surface area contributed by atoms with Crippen molar-refractivity contribution in [2.75, 3.05) is 25.2 Å². The SMILES string of the molecule is Cc1ccc(S(=O)(=O)OC[C@@H](O)COc2ccc3nc(-c4ccc(N(C)C(=O)OC(C)(C)C)cc4)ccc3c2)cc1. The van der Waals surface area contributed by atoms with Gasteiger partial charge < -0.3 is 14.6 Å². The Bertz CT molecular complexity index is 1610. The van der Waals surface area contributed by atoms with E-state index in [4.69, 9.17) is 18.6 Å². The lowest BCUT2D eigenvalue weighted by molar-refractivity contribution is 0.0589. The highest BCUT2D eigenvalue weighted by atomic mass is 32.2. The smallest absolute Gasteiger partial charge is 0.414 e. The van der Waals surface area contributed by atoms with Crippen LogP contribution in [0, 0.1) is 6.92 Å². The molecule has 1 N–H and O–H groups in total. The minimum atomic E-state index is -3.98. The molecule has 0 bridgehead atoms. The first-order chi connectivity index (χ1) is 19.3. The van der Waals surface area contributed by atoms with Crippen LogP contribution in [0.5, 0.6) is 5.75 Å². The molecule has 0 radical (unpaired) electrons. The number of fused-ring (bicyclic) bond motifs is 1. The number of aromatic nitrogens is 1. The van der Waals surface area contributed by atoms with Crippen molar-refractivity contribution < 1.29 is 32.0 Å². The number of hydrogen-bond donors (Lipinski definition) is 1. The number of rotatable bonds is 9. The summed E-state index contributed by atoms with van der Waals surface area (Å²) in [6.07, 6.45) is -1.58. The van der Waals surface area contributed by atoms with Crippen LogP contribution < -0.4 is 9.64 Å². The van der Waals surface area contributed by atoms with Crippen molar-refractivity contribution >= 4 is 32.8 Å². The molecule has 216 valence electrons. The third-order valence-corrected chi connectivity index (χ3v) is 7.34. The van der Waals surface area contributed by atoms with Gasteiger partial charge >= 0.3 is 6.09 Å². The molecule has 4 rings (SSSR count). The maximum atomic E-state index is 12.3. The summed E-state index contributed by atoms with van der Waals surface area (Å²) in [5.74, 6) is 0.502. The first-order valence-electron chi connectivity index (χ1n) is 13.1. The van der Waals surface area contributed by atoms with E-state index >= 15 is 0 Å². The van der Waals surface area contributed by atoms with Gasteiger partial charge in [0.2, 0.25) is 0 Å². The molecule has 41 heavy (non-hydrogen) atoms. The normalized spacial score (nSPS) is 12.6. The number of pyridine rings is 1. The molecule has 1 aromatic heterocycles. The molecule has 0 saturated carbocycles. The number of nitrogens with zero attached hydrogens (tertiary/aromatic N) is 2. The van der Waals surface area contributed by atoms with Crippen LogP contribution in [0.4, 0.5) is 10.5 Å². The maximum Gasteiger partial charge on any atom is 0.414 e. The van der Waals surface area contributed by atoms with Crippen molar-refractivity contribution in [2.24, 2.45) is 0 Å². The highest BCUT2D eigenvalue weighted by Gasteiger charge is 2.21. The number of aliphatic hydroxyl groups is 1. The Balaban J connectivity index is 1.35. The van der Waals surface area contributed by atoms with Crippen LogP contribution in [-0.2, 0) is 19.0 Å². The number of carbonyl (C=O) groups excluding carboxylic acids is 1. The summed E-state index contributed by atoms with van der Waals surface area (Å²) < 4.78 is 40.7. The van der Waals surface area contributed by atoms with Crippen LogP contribution >= 0.6 is 0 Å². The number of hydrogen-bond acceptors (Lipinski definition) is 8. The van der Waals surface area contributed by atoms with Crippen LogP contribution in [0.3, 0.4) is 0 Å². The second-order valence-electron chi connectivity index (χ2n) is 10.7. The van der Waals surface area contributed by atoms with Crippen molar-refractivity contribution in [3.63, 3.8) is 0 Å². The summed E-state index contributed by atoms with van der Waals surface area (Å²) in [7, 11) is -2.31. The summed E-state index contributed by atoms with van der Waals surface area (Å²) in [6, 6.07) is 22.9.